The van der Waals surface area contributed by atoms with Crippen LogP contribution in [0.3, 0.4) is 0 Å². The Bertz CT molecular complexity index is 595. The van der Waals surface area contributed by atoms with Gasteiger partial charge in [-0.2, -0.15) is 0 Å². The molecule has 0 saturated carbocycles. The van der Waals surface area contributed by atoms with E-state index in [4.69, 9.17) is 4.74 Å². The van der Waals surface area contributed by atoms with Gasteiger partial charge in [0.05, 0.1) is 6.54 Å². The molecule has 0 radical (unpaired) electrons. The SMILES string of the molecule is CCNC(=NCc1cccc(NC(=O)C2CCCO2)c1)NCCC(C)C. The van der Waals surface area contributed by atoms with Crippen LogP contribution in [-0.4, -0.2) is 37.7 Å². The molecule has 1 aromatic carbocycles. The number of hydrogen-bond acceptors (Lipinski definition) is 3. The maximum atomic E-state index is 12.2. The molecule has 1 heterocycles. The number of anilines is 1. The van der Waals surface area contributed by atoms with E-state index in [1.54, 1.807) is 0 Å². The van der Waals surface area contributed by atoms with Crippen LogP contribution in [0.1, 0.15) is 45.6 Å². The number of rotatable bonds is 8. The molecule has 0 bridgehead atoms. The fraction of sp³-hybridized carbons (Fsp3) is 0.600. The number of benzene rings is 1. The summed E-state index contributed by atoms with van der Waals surface area (Å²) in [7, 11) is 0. The van der Waals surface area contributed by atoms with Gasteiger partial charge in [-0.15, -0.1) is 0 Å². The van der Waals surface area contributed by atoms with Crippen molar-refractivity contribution in [1.82, 2.24) is 10.6 Å². The van der Waals surface area contributed by atoms with Crippen molar-refractivity contribution >= 4 is 17.6 Å². The fourth-order valence-corrected chi connectivity index (χ4v) is 2.75. The third-order valence-corrected chi connectivity index (χ3v) is 4.19. The molecule has 6 heteroatoms. The standard InChI is InChI=1S/C20H32N4O2/c1-4-21-20(22-11-10-15(2)3)23-14-16-7-5-8-17(13-16)24-19(25)18-9-6-12-26-18/h5,7-8,13,15,18H,4,6,9-12,14H2,1-3H3,(H,24,25)(H2,21,22,23). The van der Waals surface area contributed by atoms with E-state index in [-0.39, 0.29) is 12.0 Å². The molecular weight excluding hydrogens is 328 g/mol. The van der Waals surface area contributed by atoms with Crippen molar-refractivity contribution in [2.45, 2.75) is 52.7 Å². The molecule has 0 aliphatic carbocycles. The van der Waals surface area contributed by atoms with Crippen LogP contribution in [0.5, 0.6) is 0 Å². The van der Waals surface area contributed by atoms with Crippen molar-refractivity contribution in [2.24, 2.45) is 10.9 Å². The Kier molecular flexibility index (Phi) is 8.41. The van der Waals surface area contributed by atoms with Crippen molar-refractivity contribution in [3.05, 3.63) is 29.8 Å². The molecular formula is C20H32N4O2. The molecule has 1 aliphatic heterocycles. The minimum atomic E-state index is -0.317. The lowest BCUT2D eigenvalue weighted by molar-refractivity contribution is -0.124. The second-order valence-corrected chi connectivity index (χ2v) is 7.00. The summed E-state index contributed by atoms with van der Waals surface area (Å²) in [4.78, 5) is 16.8. The summed E-state index contributed by atoms with van der Waals surface area (Å²) in [5.74, 6) is 1.42. The number of ether oxygens (including phenoxy) is 1. The number of carbonyl (C=O) groups excluding carboxylic acids is 1. The van der Waals surface area contributed by atoms with Gasteiger partial charge in [0.25, 0.3) is 5.91 Å². The molecule has 1 unspecified atom stereocenters. The summed E-state index contributed by atoms with van der Waals surface area (Å²) in [6.07, 6.45) is 2.53. The van der Waals surface area contributed by atoms with Gasteiger partial charge in [-0.1, -0.05) is 26.0 Å². The molecule has 26 heavy (non-hydrogen) atoms. The minimum Gasteiger partial charge on any atom is -0.368 e. The number of aliphatic imine (C=N–C) groups is 1. The van der Waals surface area contributed by atoms with Gasteiger partial charge in [0.2, 0.25) is 0 Å². The van der Waals surface area contributed by atoms with Crippen molar-refractivity contribution in [1.29, 1.82) is 0 Å². The molecule has 1 saturated heterocycles. The van der Waals surface area contributed by atoms with Gasteiger partial charge in [0.1, 0.15) is 6.10 Å². The van der Waals surface area contributed by atoms with Crippen LogP contribution in [-0.2, 0) is 16.1 Å². The Hall–Kier alpha value is -2.08. The predicted octanol–water partition coefficient (Wildman–Crippen LogP) is 2.91. The predicted molar refractivity (Wildman–Crippen MR) is 106 cm³/mol. The highest BCUT2D eigenvalue weighted by atomic mass is 16.5. The summed E-state index contributed by atoms with van der Waals surface area (Å²) in [6.45, 7) is 9.43. The maximum Gasteiger partial charge on any atom is 0.253 e. The van der Waals surface area contributed by atoms with Crippen molar-refractivity contribution < 1.29 is 9.53 Å². The Morgan fingerprint density at radius 2 is 2.19 bits per heavy atom. The van der Waals surface area contributed by atoms with Crippen LogP contribution >= 0.6 is 0 Å². The van der Waals surface area contributed by atoms with Crippen LogP contribution in [0.25, 0.3) is 0 Å². The third-order valence-electron chi connectivity index (χ3n) is 4.19. The smallest absolute Gasteiger partial charge is 0.253 e. The Labute approximate surface area is 156 Å². The second-order valence-electron chi connectivity index (χ2n) is 7.00. The average molecular weight is 361 g/mol. The van der Waals surface area contributed by atoms with E-state index in [0.717, 1.165) is 49.6 Å². The van der Waals surface area contributed by atoms with Gasteiger partial charge < -0.3 is 20.7 Å². The van der Waals surface area contributed by atoms with E-state index < -0.39 is 0 Å². The van der Waals surface area contributed by atoms with Crippen molar-refractivity contribution in [3.63, 3.8) is 0 Å². The van der Waals surface area contributed by atoms with E-state index in [1.165, 1.54) is 0 Å². The first kappa shape index (κ1) is 20.2. The van der Waals surface area contributed by atoms with Crippen LogP contribution in [0.4, 0.5) is 5.69 Å². The van der Waals surface area contributed by atoms with Gasteiger partial charge >= 0.3 is 0 Å². The lowest BCUT2D eigenvalue weighted by Gasteiger charge is -2.13. The summed E-state index contributed by atoms with van der Waals surface area (Å²) < 4.78 is 5.43. The zero-order chi connectivity index (χ0) is 18.8. The molecule has 1 fully saturated rings. The molecule has 0 aromatic heterocycles. The lowest BCUT2D eigenvalue weighted by atomic mass is 10.1. The lowest BCUT2D eigenvalue weighted by Crippen LogP contribution is -2.38. The van der Waals surface area contributed by atoms with Gasteiger partial charge in [-0.05, 0) is 49.8 Å². The number of amides is 1. The maximum absolute atomic E-state index is 12.2. The van der Waals surface area contributed by atoms with Gasteiger partial charge in [0.15, 0.2) is 5.96 Å². The molecule has 6 nitrogen and oxygen atoms in total. The number of carbonyl (C=O) groups is 1. The number of nitrogens with zero attached hydrogens (tertiary/aromatic N) is 1. The van der Waals surface area contributed by atoms with Gasteiger partial charge in [-0.25, -0.2) is 4.99 Å². The quantitative estimate of drug-likeness (QED) is 0.492. The van der Waals surface area contributed by atoms with Crippen LogP contribution in [0.2, 0.25) is 0 Å². The molecule has 1 aromatic rings. The molecule has 2 rings (SSSR count). The third kappa shape index (κ3) is 7.04. The Morgan fingerprint density at radius 3 is 2.88 bits per heavy atom. The topological polar surface area (TPSA) is 74.8 Å². The van der Waals surface area contributed by atoms with E-state index in [2.05, 4.69) is 41.7 Å². The number of hydrogen-bond donors (Lipinski definition) is 3. The molecule has 1 atom stereocenters. The Balaban J connectivity index is 1.91. The highest BCUT2D eigenvalue weighted by Gasteiger charge is 2.23. The average Bonchev–Trinajstić information content (AvgIpc) is 3.14. The molecule has 1 amide bonds. The van der Waals surface area contributed by atoms with Crippen LogP contribution < -0.4 is 16.0 Å². The van der Waals surface area contributed by atoms with Crippen molar-refractivity contribution in [2.75, 3.05) is 25.0 Å². The number of nitrogens with one attached hydrogen (secondary N) is 3. The molecule has 3 N–H and O–H groups in total. The number of guanidine groups is 1. The zero-order valence-electron chi connectivity index (χ0n) is 16.2. The first-order valence-corrected chi connectivity index (χ1v) is 9.62. The normalized spacial score (nSPS) is 17.4. The van der Waals surface area contributed by atoms with E-state index in [0.29, 0.717) is 19.1 Å². The van der Waals surface area contributed by atoms with Crippen LogP contribution in [0.15, 0.2) is 29.3 Å². The molecule has 144 valence electrons. The van der Waals surface area contributed by atoms with Crippen LogP contribution in [0, 0.1) is 5.92 Å². The molecule has 1 aliphatic rings. The summed E-state index contributed by atoms with van der Waals surface area (Å²) in [5, 5.41) is 9.56. The summed E-state index contributed by atoms with van der Waals surface area (Å²) in [5.41, 5.74) is 1.84. The van der Waals surface area contributed by atoms with Gasteiger partial charge in [0, 0.05) is 25.4 Å². The fourth-order valence-electron chi connectivity index (χ4n) is 2.75. The highest BCUT2D eigenvalue weighted by Crippen LogP contribution is 2.16. The summed E-state index contributed by atoms with van der Waals surface area (Å²) in [6, 6.07) is 7.82. The van der Waals surface area contributed by atoms with Crippen molar-refractivity contribution in [3.8, 4) is 0 Å². The van der Waals surface area contributed by atoms with E-state index in [1.807, 2.05) is 24.3 Å². The van der Waals surface area contributed by atoms with Gasteiger partial charge in [-0.3, -0.25) is 4.79 Å². The minimum absolute atomic E-state index is 0.0631. The zero-order valence-corrected chi connectivity index (χ0v) is 16.2. The second kappa shape index (κ2) is 10.8. The molecule has 0 spiro atoms. The highest BCUT2D eigenvalue weighted by molar-refractivity contribution is 5.94. The monoisotopic (exact) mass is 360 g/mol. The first-order valence-electron chi connectivity index (χ1n) is 9.62. The summed E-state index contributed by atoms with van der Waals surface area (Å²) >= 11 is 0. The van der Waals surface area contributed by atoms with E-state index >= 15 is 0 Å². The van der Waals surface area contributed by atoms with E-state index in [9.17, 15) is 4.79 Å². The first-order chi connectivity index (χ1) is 12.6. The Morgan fingerprint density at radius 1 is 1.35 bits per heavy atom. The largest absolute Gasteiger partial charge is 0.368 e.